The minimum atomic E-state index is -0.224. The quantitative estimate of drug-likeness (QED) is 0.859. The van der Waals surface area contributed by atoms with E-state index in [0.717, 1.165) is 0 Å². The summed E-state index contributed by atoms with van der Waals surface area (Å²) in [5.74, 6) is 0.401. The van der Waals surface area contributed by atoms with Crippen molar-refractivity contribution in [1.82, 2.24) is 0 Å². The van der Waals surface area contributed by atoms with Crippen molar-refractivity contribution < 1.29 is 13.9 Å². The monoisotopic (exact) mass is 217 g/mol. The fourth-order valence-electron chi connectivity index (χ4n) is 1.34. The van der Waals surface area contributed by atoms with Crippen LogP contribution in [0.15, 0.2) is 47.3 Å². The summed E-state index contributed by atoms with van der Waals surface area (Å²) in [6.45, 7) is 0. The Morgan fingerprint density at radius 3 is 2.81 bits per heavy atom. The molecule has 82 valence electrons. The molecule has 0 radical (unpaired) electrons. The number of ether oxygens (including phenoxy) is 1. The number of para-hydroxylation sites is 2. The van der Waals surface area contributed by atoms with Crippen LogP contribution in [0.5, 0.6) is 5.75 Å². The summed E-state index contributed by atoms with van der Waals surface area (Å²) in [6, 6.07) is 8.83. The third-order valence-electron chi connectivity index (χ3n) is 2.14. The number of anilines is 1. The zero-order chi connectivity index (χ0) is 11.4. The maximum Gasteiger partial charge on any atom is 0.259 e. The first kappa shape index (κ1) is 10.3. The van der Waals surface area contributed by atoms with Crippen LogP contribution in [0.3, 0.4) is 0 Å². The van der Waals surface area contributed by atoms with E-state index in [1.807, 2.05) is 12.1 Å². The van der Waals surface area contributed by atoms with E-state index in [4.69, 9.17) is 9.15 Å². The molecule has 1 N–H and O–H groups in total. The molecule has 1 aromatic carbocycles. The molecule has 0 bridgehead atoms. The molecule has 2 aromatic rings. The Labute approximate surface area is 92.8 Å². The van der Waals surface area contributed by atoms with Gasteiger partial charge in [-0.15, -0.1) is 0 Å². The van der Waals surface area contributed by atoms with Gasteiger partial charge in [0, 0.05) is 0 Å². The van der Waals surface area contributed by atoms with Gasteiger partial charge in [0.15, 0.2) is 0 Å². The fraction of sp³-hybridized carbons (Fsp3) is 0.0833. The van der Waals surface area contributed by atoms with E-state index >= 15 is 0 Å². The first-order valence-electron chi connectivity index (χ1n) is 4.78. The van der Waals surface area contributed by atoms with Crippen molar-refractivity contribution in [3.05, 3.63) is 48.4 Å². The standard InChI is InChI=1S/C12H11NO3/c1-15-11-5-3-2-4-10(11)13-12(14)9-6-7-16-8-9/h2-8H,1H3,(H,13,14). The zero-order valence-electron chi connectivity index (χ0n) is 8.77. The van der Waals surface area contributed by atoms with E-state index in [2.05, 4.69) is 5.32 Å². The number of nitrogens with one attached hydrogen (secondary N) is 1. The third kappa shape index (κ3) is 2.06. The van der Waals surface area contributed by atoms with Crippen molar-refractivity contribution in [3.8, 4) is 5.75 Å². The summed E-state index contributed by atoms with van der Waals surface area (Å²) < 4.78 is 9.96. The van der Waals surface area contributed by atoms with Crippen LogP contribution in [-0.4, -0.2) is 13.0 Å². The molecule has 1 heterocycles. The highest BCUT2D eigenvalue weighted by atomic mass is 16.5. The second kappa shape index (κ2) is 4.53. The highest BCUT2D eigenvalue weighted by molar-refractivity contribution is 6.04. The minimum Gasteiger partial charge on any atom is -0.495 e. The topological polar surface area (TPSA) is 51.5 Å². The van der Waals surface area contributed by atoms with Gasteiger partial charge in [0.1, 0.15) is 12.0 Å². The molecular formula is C12H11NO3. The number of rotatable bonds is 3. The van der Waals surface area contributed by atoms with E-state index in [9.17, 15) is 4.79 Å². The van der Waals surface area contributed by atoms with E-state index in [-0.39, 0.29) is 5.91 Å². The Morgan fingerprint density at radius 1 is 1.31 bits per heavy atom. The molecule has 0 atom stereocenters. The van der Waals surface area contributed by atoms with Crippen molar-refractivity contribution in [3.63, 3.8) is 0 Å². The molecule has 4 nitrogen and oxygen atoms in total. The average molecular weight is 217 g/mol. The number of carbonyl (C=O) groups is 1. The fourth-order valence-corrected chi connectivity index (χ4v) is 1.34. The number of carbonyl (C=O) groups excluding carboxylic acids is 1. The minimum absolute atomic E-state index is 0.224. The Balaban J connectivity index is 2.18. The van der Waals surface area contributed by atoms with Gasteiger partial charge >= 0.3 is 0 Å². The summed E-state index contributed by atoms with van der Waals surface area (Å²) in [7, 11) is 1.56. The van der Waals surface area contributed by atoms with Gasteiger partial charge < -0.3 is 14.5 Å². The SMILES string of the molecule is COc1ccccc1NC(=O)c1ccoc1. The second-order valence-electron chi connectivity index (χ2n) is 3.17. The lowest BCUT2D eigenvalue weighted by Gasteiger charge is -2.08. The lowest BCUT2D eigenvalue weighted by molar-refractivity contribution is 0.102. The van der Waals surface area contributed by atoms with Gasteiger partial charge in [-0.25, -0.2) is 0 Å². The van der Waals surface area contributed by atoms with Crippen LogP contribution < -0.4 is 10.1 Å². The van der Waals surface area contributed by atoms with Gasteiger partial charge in [-0.2, -0.15) is 0 Å². The Bertz CT molecular complexity index is 477. The molecule has 0 fully saturated rings. The number of hydrogen-bond donors (Lipinski definition) is 1. The number of hydrogen-bond acceptors (Lipinski definition) is 3. The van der Waals surface area contributed by atoms with Crippen LogP contribution >= 0.6 is 0 Å². The molecule has 0 spiro atoms. The maximum absolute atomic E-state index is 11.7. The van der Waals surface area contributed by atoms with Crippen molar-refractivity contribution in [2.45, 2.75) is 0 Å². The maximum atomic E-state index is 11.7. The number of methoxy groups -OCH3 is 1. The van der Waals surface area contributed by atoms with E-state index in [1.54, 1.807) is 25.3 Å². The Morgan fingerprint density at radius 2 is 2.12 bits per heavy atom. The molecule has 16 heavy (non-hydrogen) atoms. The van der Waals surface area contributed by atoms with Crippen molar-refractivity contribution >= 4 is 11.6 Å². The molecule has 1 aromatic heterocycles. The van der Waals surface area contributed by atoms with Gasteiger partial charge in [0.05, 0.1) is 24.6 Å². The molecule has 0 saturated heterocycles. The van der Waals surface area contributed by atoms with E-state index < -0.39 is 0 Å². The molecule has 0 aliphatic carbocycles. The third-order valence-corrected chi connectivity index (χ3v) is 2.14. The molecule has 4 heteroatoms. The number of furan rings is 1. The van der Waals surface area contributed by atoms with Gasteiger partial charge in [-0.1, -0.05) is 12.1 Å². The molecule has 2 rings (SSSR count). The molecule has 0 aliphatic rings. The summed E-state index contributed by atoms with van der Waals surface area (Å²) in [4.78, 5) is 11.7. The smallest absolute Gasteiger partial charge is 0.259 e. The molecular weight excluding hydrogens is 206 g/mol. The Kier molecular flexibility index (Phi) is 2.91. The Hall–Kier alpha value is -2.23. The lowest BCUT2D eigenvalue weighted by Crippen LogP contribution is -2.11. The normalized spacial score (nSPS) is 9.81. The van der Waals surface area contributed by atoms with E-state index in [0.29, 0.717) is 17.0 Å². The van der Waals surface area contributed by atoms with Crippen LogP contribution in [0, 0.1) is 0 Å². The van der Waals surface area contributed by atoms with Gasteiger partial charge in [0.2, 0.25) is 0 Å². The van der Waals surface area contributed by atoms with Crippen molar-refractivity contribution in [2.75, 3.05) is 12.4 Å². The first-order chi connectivity index (χ1) is 7.81. The van der Waals surface area contributed by atoms with Gasteiger partial charge in [-0.3, -0.25) is 4.79 Å². The number of amides is 1. The van der Waals surface area contributed by atoms with Gasteiger partial charge in [-0.05, 0) is 18.2 Å². The molecule has 0 saturated carbocycles. The summed E-state index contributed by atoms with van der Waals surface area (Å²) >= 11 is 0. The lowest BCUT2D eigenvalue weighted by atomic mass is 10.2. The van der Waals surface area contributed by atoms with Crippen LogP contribution in [0.4, 0.5) is 5.69 Å². The van der Waals surface area contributed by atoms with Crippen LogP contribution in [0.25, 0.3) is 0 Å². The second-order valence-corrected chi connectivity index (χ2v) is 3.17. The number of benzene rings is 1. The summed E-state index contributed by atoms with van der Waals surface area (Å²) in [5.41, 5.74) is 1.11. The van der Waals surface area contributed by atoms with Crippen LogP contribution in [0.2, 0.25) is 0 Å². The van der Waals surface area contributed by atoms with Crippen molar-refractivity contribution in [2.24, 2.45) is 0 Å². The highest BCUT2D eigenvalue weighted by Gasteiger charge is 2.09. The predicted octanol–water partition coefficient (Wildman–Crippen LogP) is 2.54. The van der Waals surface area contributed by atoms with Gasteiger partial charge in [0.25, 0.3) is 5.91 Å². The zero-order valence-corrected chi connectivity index (χ0v) is 8.77. The summed E-state index contributed by atoms with van der Waals surface area (Å²) in [5, 5.41) is 2.74. The average Bonchev–Trinajstić information content (AvgIpc) is 2.83. The molecule has 0 aliphatic heterocycles. The molecule has 0 unspecified atom stereocenters. The summed E-state index contributed by atoms with van der Waals surface area (Å²) in [6.07, 6.45) is 2.85. The van der Waals surface area contributed by atoms with Crippen molar-refractivity contribution in [1.29, 1.82) is 0 Å². The first-order valence-corrected chi connectivity index (χ1v) is 4.78. The predicted molar refractivity (Wildman–Crippen MR) is 59.7 cm³/mol. The van der Waals surface area contributed by atoms with Crippen LogP contribution in [-0.2, 0) is 0 Å². The van der Waals surface area contributed by atoms with E-state index in [1.165, 1.54) is 12.5 Å². The molecule has 1 amide bonds. The largest absolute Gasteiger partial charge is 0.495 e. The highest BCUT2D eigenvalue weighted by Crippen LogP contribution is 2.23. The van der Waals surface area contributed by atoms with Crippen LogP contribution in [0.1, 0.15) is 10.4 Å².